The molecule has 0 saturated heterocycles. The zero-order valence-electron chi connectivity index (χ0n) is 10.1. The minimum atomic E-state index is 0.276. The number of pyridine rings is 1. The molecule has 1 rings (SSSR count). The summed E-state index contributed by atoms with van der Waals surface area (Å²) in [5.41, 5.74) is 1.13. The highest BCUT2D eigenvalue weighted by atomic mass is 16.1. The van der Waals surface area contributed by atoms with E-state index in [0.717, 1.165) is 31.6 Å². The molecule has 0 spiro atoms. The van der Waals surface area contributed by atoms with Gasteiger partial charge in [0, 0.05) is 31.3 Å². The molecule has 0 aliphatic carbocycles. The molecule has 0 N–H and O–H groups in total. The van der Waals surface area contributed by atoms with Crippen molar-refractivity contribution in [3.8, 4) is 0 Å². The Labute approximate surface area is 97.5 Å². The summed E-state index contributed by atoms with van der Waals surface area (Å²) in [5.74, 6) is 0.276. The number of Topliss-reactive ketones (excluding diaryl/α,β-unsaturated/α-hetero) is 1. The Kier molecular flexibility index (Phi) is 5.72. The van der Waals surface area contributed by atoms with Gasteiger partial charge < -0.3 is 9.69 Å². The molecule has 0 fully saturated rings. The molecule has 0 bridgehead atoms. The minimum absolute atomic E-state index is 0.276. The SMILES string of the molecule is CC(=O)CCCN(C)CCc1ccccn1. The van der Waals surface area contributed by atoms with E-state index in [2.05, 4.69) is 16.9 Å². The average Bonchev–Trinajstić information content (AvgIpc) is 2.27. The fourth-order valence-corrected chi connectivity index (χ4v) is 1.56. The number of ketones is 1. The third kappa shape index (κ3) is 5.61. The molecule has 0 aromatic carbocycles. The number of aromatic nitrogens is 1. The first-order valence-corrected chi connectivity index (χ1v) is 5.76. The summed E-state index contributed by atoms with van der Waals surface area (Å²) in [6, 6.07) is 5.99. The second-order valence-corrected chi connectivity index (χ2v) is 4.18. The van der Waals surface area contributed by atoms with Gasteiger partial charge in [0.25, 0.3) is 0 Å². The van der Waals surface area contributed by atoms with Crippen LogP contribution in [0.25, 0.3) is 0 Å². The van der Waals surface area contributed by atoms with Crippen LogP contribution in [0.4, 0.5) is 0 Å². The molecular formula is C13H20N2O. The van der Waals surface area contributed by atoms with Crippen LogP contribution >= 0.6 is 0 Å². The van der Waals surface area contributed by atoms with Gasteiger partial charge in [0.2, 0.25) is 0 Å². The molecule has 0 amide bonds. The highest BCUT2D eigenvalue weighted by Gasteiger charge is 2.01. The first-order valence-electron chi connectivity index (χ1n) is 5.76. The average molecular weight is 220 g/mol. The first-order chi connectivity index (χ1) is 7.68. The number of carbonyl (C=O) groups is 1. The Morgan fingerprint density at radius 3 is 2.81 bits per heavy atom. The first kappa shape index (κ1) is 12.8. The number of rotatable bonds is 7. The van der Waals surface area contributed by atoms with Crippen molar-refractivity contribution < 1.29 is 4.79 Å². The van der Waals surface area contributed by atoms with Crippen LogP contribution in [-0.2, 0) is 11.2 Å². The van der Waals surface area contributed by atoms with Crippen LogP contribution in [0.15, 0.2) is 24.4 Å². The van der Waals surface area contributed by atoms with E-state index >= 15 is 0 Å². The topological polar surface area (TPSA) is 33.2 Å². The van der Waals surface area contributed by atoms with Gasteiger partial charge in [-0.05, 0) is 39.1 Å². The summed E-state index contributed by atoms with van der Waals surface area (Å²) in [6.45, 7) is 3.62. The summed E-state index contributed by atoms with van der Waals surface area (Å²) < 4.78 is 0. The zero-order valence-corrected chi connectivity index (χ0v) is 10.1. The monoisotopic (exact) mass is 220 g/mol. The third-order valence-electron chi connectivity index (χ3n) is 2.54. The Hall–Kier alpha value is -1.22. The lowest BCUT2D eigenvalue weighted by Gasteiger charge is -2.15. The maximum atomic E-state index is 10.8. The van der Waals surface area contributed by atoms with E-state index in [1.807, 2.05) is 24.4 Å². The molecule has 1 aromatic rings. The molecule has 0 aliphatic rings. The summed E-state index contributed by atoms with van der Waals surface area (Å²) in [6.07, 6.45) is 4.43. The number of likely N-dealkylation sites (N-methyl/N-ethyl adjacent to an activating group) is 1. The van der Waals surface area contributed by atoms with Gasteiger partial charge in [0.1, 0.15) is 5.78 Å². The van der Waals surface area contributed by atoms with E-state index in [4.69, 9.17) is 0 Å². The van der Waals surface area contributed by atoms with Crippen LogP contribution in [0.5, 0.6) is 0 Å². The molecule has 0 atom stereocenters. The molecule has 0 aliphatic heterocycles. The molecular weight excluding hydrogens is 200 g/mol. The Balaban J connectivity index is 2.15. The predicted octanol–water partition coefficient (Wildman–Crippen LogP) is 1.93. The Bertz CT molecular complexity index is 311. The van der Waals surface area contributed by atoms with E-state index in [0.29, 0.717) is 6.42 Å². The largest absolute Gasteiger partial charge is 0.306 e. The number of hydrogen-bond donors (Lipinski definition) is 0. The van der Waals surface area contributed by atoms with Gasteiger partial charge in [-0.1, -0.05) is 6.07 Å². The Morgan fingerprint density at radius 2 is 2.19 bits per heavy atom. The van der Waals surface area contributed by atoms with Crippen LogP contribution in [0, 0.1) is 0 Å². The molecule has 1 heterocycles. The van der Waals surface area contributed by atoms with Gasteiger partial charge in [0.05, 0.1) is 0 Å². The maximum absolute atomic E-state index is 10.8. The van der Waals surface area contributed by atoms with E-state index < -0.39 is 0 Å². The number of carbonyl (C=O) groups excluding carboxylic acids is 1. The van der Waals surface area contributed by atoms with Gasteiger partial charge >= 0.3 is 0 Å². The van der Waals surface area contributed by atoms with Gasteiger partial charge in [-0.2, -0.15) is 0 Å². The second-order valence-electron chi connectivity index (χ2n) is 4.18. The van der Waals surface area contributed by atoms with Crippen LogP contribution in [0.3, 0.4) is 0 Å². The van der Waals surface area contributed by atoms with Gasteiger partial charge in [-0.15, -0.1) is 0 Å². The number of nitrogens with zero attached hydrogens (tertiary/aromatic N) is 2. The van der Waals surface area contributed by atoms with E-state index in [9.17, 15) is 4.79 Å². The molecule has 16 heavy (non-hydrogen) atoms. The predicted molar refractivity (Wildman–Crippen MR) is 65.4 cm³/mol. The molecule has 0 radical (unpaired) electrons. The molecule has 3 heteroatoms. The van der Waals surface area contributed by atoms with E-state index in [-0.39, 0.29) is 5.78 Å². The van der Waals surface area contributed by atoms with Crippen LogP contribution in [0.1, 0.15) is 25.5 Å². The van der Waals surface area contributed by atoms with Crippen LogP contribution in [-0.4, -0.2) is 35.8 Å². The summed E-state index contributed by atoms with van der Waals surface area (Å²) in [4.78, 5) is 17.3. The van der Waals surface area contributed by atoms with Crippen LogP contribution in [0.2, 0.25) is 0 Å². The Morgan fingerprint density at radius 1 is 1.38 bits per heavy atom. The fourth-order valence-electron chi connectivity index (χ4n) is 1.56. The van der Waals surface area contributed by atoms with Crippen LogP contribution < -0.4 is 0 Å². The summed E-state index contributed by atoms with van der Waals surface area (Å²) in [5, 5.41) is 0. The van der Waals surface area contributed by atoms with Crippen molar-refractivity contribution >= 4 is 5.78 Å². The lowest BCUT2D eigenvalue weighted by atomic mass is 10.2. The zero-order chi connectivity index (χ0) is 11.8. The van der Waals surface area contributed by atoms with Crippen molar-refractivity contribution in [3.63, 3.8) is 0 Å². The molecule has 88 valence electrons. The van der Waals surface area contributed by atoms with Gasteiger partial charge in [0.15, 0.2) is 0 Å². The van der Waals surface area contributed by atoms with Crippen molar-refractivity contribution in [2.75, 3.05) is 20.1 Å². The highest BCUT2D eigenvalue weighted by Crippen LogP contribution is 1.98. The highest BCUT2D eigenvalue weighted by molar-refractivity contribution is 5.75. The summed E-state index contributed by atoms with van der Waals surface area (Å²) >= 11 is 0. The second kappa shape index (κ2) is 7.12. The van der Waals surface area contributed by atoms with Crippen molar-refractivity contribution in [2.24, 2.45) is 0 Å². The number of hydrogen-bond acceptors (Lipinski definition) is 3. The third-order valence-corrected chi connectivity index (χ3v) is 2.54. The minimum Gasteiger partial charge on any atom is -0.306 e. The normalized spacial score (nSPS) is 10.7. The molecule has 0 saturated carbocycles. The lowest BCUT2D eigenvalue weighted by Crippen LogP contribution is -2.23. The fraction of sp³-hybridized carbons (Fsp3) is 0.538. The lowest BCUT2D eigenvalue weighted by molar-refractivity contribution is -0.117. The van der Waals surface area contributed by atoms with Crippen molar-refractivity contribution in [2.45, 2.75) is 26.2 Å². The van der Waals surface area contributed by atoms with E-state index in [1.54, 1.807) is 6.92 Å². The van der Waals surface area contributed by atoms with Crippen molar-refractivity contribution in [3.05, 3.63) is 30.1 Å². The van der Waals surface area contributed by atoms with Gasteiger partial charge in [-0.3, -0.25) is 4.98 Å². The molecule has 1 aromatic heterocycles. The standard InChI is InChI=1S/C13H20N2O/c1-12(16)6-5-10-15(2)11-8-13-7-3-4-9-14-13/h3-4,7,9H,5-6,8,10-11H2,1-2H3. The summed E-state index contributed by atoms with van der Waals surface area (Å²) in [7, 11) is 2.09. The maximum Gasteiger partial charge on any atom is 0.129 e. The van der Waals surface area contributed by atoms with Gasteiger partial charge in [-0.25, -0.2) is 0 Å². The smallest absolute Gasteiger partial charge is 0.129 e. The quantitative estimate of drug-likeness (QED) is 0.704. The van der Waals surface area contributed by atoms with Crippen molar-refractivity contribution in [1.29, 1.82) is 0 Å². The molecule has 3 nitrogen and oxygen atoms in total. The van der Waals surface area contributed by atoms with E-state index in [1.165, 1.54) is 0 Å². The van der Waals surface area contributed by atoms with Crippen molar-refractivity contribution in [1.82, 2.24) is 9.88 Å². The molecule has 0 unspecified atom stereocenters.